The third-order valence-electron chi connectivity index (χ3n) is 3.89. The Balaban J connectivity index is 1.52. The van der Waals surface area contributed by atoms with Crippen LogP contribution in [0.2, 0.25) is 0 Å². The topological polar surface area (TPSA) is 61.4 Å². The van der Waals surface area contributed by atoms with Gasteiger partial charge in [-0.15, -0.1) is 0 Å². The average molecular weight is 327 g/mol. The molecule has 2 aromatic rings. The summed E-state index contributed by atoms with van der Waals surface area (Å²) in [7, 11) is 0. The molecule has 2 N–H and O–H groups in total. The molecular weight excluding hydrogens is 309 g/mol. The number of nitrogens with zero attached hydrogens (tertiary/aromatic N) is 1. The molecule has 1 aliphatic rings. The van der Waals surface area contributed by atoms with E-state index in [9.17, 15) is 14.0 Å². The first kappa shape index (κ1) is 16.0. The van der Waals surface area contributed by atoms with E-state index < -0.39 is 0 Å². The van der Waals surface area contributed by atoms with E-state index in [0.29, 0.717) is 18.8 Å². The van der Waals surface area contributed by atoms with Crippen molar-refractivity contribution in [1.29, 1.82) is 0 Å². The van der Waals surface area contributed by atoms with Crippen molar-refractivity contribution in [2.45, 2.75) is 19.0 Å². The number of hydrogen-bond acceptors (Lipinski definition) is 2. The first-order valence-electron chi connectivity index (χ1n) is 7.76. The van der Waals surface area contributed by atoms with Crippen LogP contribution in [0.25, 0.3) is 0 Å². The van der Waals surface area contributed by atoms with Crippen LogP contribution >= 0.6 is 0 Å². The molecule has 1 saturated heterocycles. The normalized spacial score (nSPS) is 17.0. The number of carbonyl (C=O) groups is 2. The molecule has 0 saturated carbocycles. The number of halogens is 1. The zero-order valence-electron chi connectivity index (χ0n) is 13.0. The van der Waals surface area contributed by atoms with Gasteiger partial charge in [-0.2, -0.15) is 0 Å². The number of benzene rings is 2. The Morgan fingerprint density at radius 2 is 1.83 bits per heavy atom. The Hall–Kier alpha value is -2.89. The SMILES string of the molecule is O=C(NCc1ccccc1)N[C@H]1CC(=O)N(c2ccc(F)cc2)C1. The van der Waals surface area contributed by atoms with E-state index in [1.54, 1.807) is 17.0 Å². The van der Waals surface area contributed by atoms with Gasteiger partial charge < -0.3 is 15.5 Å². The number of amides is 3. The largest absolute Gasteiger partial charge is 0.334 e. The Kier molecular flexibility index (Phi) is 4.74. The summed E-state index contributed by atoms with van der Waals surface area (Å²) in [5.74, 6) is -0.435. The Morgan fingerprint density at radius 1 is 1.12 bits per heavy atom. The van der Waals surface area contributed by atoms with Crippen LogP contribution in [0.15, 0.2) is 54.6 Å². The van der Waals surface area contributed by atoms with Gasteiger partial charge in [0.05, 0.1) is 6.04 Å². The molecule has 0 spiro atoms. The smallest absolute Gasteiger partial charge is 0.315 e. The Bertz CT molecular complexity index is 719. The summed E-state index contributed by atoms with van der Waals surface area (Å²) in [5.41, 5.74) is 1.64. The van der Waals surface area contributed by atoms with Gasteiger partial charge in [0.2, 0.25) is 5.91 Å². The molecule has 24 heavy (non-hydrogen) atoms. The van der Waals surface area contributed by atoms with Crippen molar-refractivity contribution < 1.29 is 14.0 Å². The molecular formula is C18H18FN3O2. The maximum absolute atomic E-state index is 13.0. The van der Waals surface area contributed by atoms with Gasteiger partial charge in [-0.3, -0.25) is 4.79 Å². The van der Waals surface area contributed by atoms with Gasteiger partial charge >= 0.3 is 6.03 Å². The van der Waals surface area contributed by atoms with E-state index in [1.165, 1.54) is 12.1 Å². The van der Waals surface area contributed by atoms with Crippen LogP contribution in [0.4, 0.5) is 14.9 Å². The lowest BCUT2D eigenvalue weighted by molar-refractivity contribution is -0.117. The zero-order chi connectivity index (χ0) is 16.9. The van der Waals surface area contributed by atoms with Crippen LogP contribution in [0.3, 0.4) is 0 Å². The maximum Gasteiger partial charge on any atom is 0.315 e. The molecule has 0 aliphatic carbocycles. The average Bonchev–Trinajstić information content (AvgIpc) is 2.95. The highest BCUT2D eigenvalue weighted by atomic mass is 19.1. The fraction of sp³-hybridized carbons (Fsp3) is 0.222. The lowest BCUT2D eigenvalue weighted by Gasteiger charge is -2.17. The lowest BCUT2D eigenvalue weighted by atomic mass is 10.2. The minimum atomic E-state index is -0.347. The highest BCUT2D eigenvalue weighted by Gasteiger charge is 2.31. The summed E-state index contributed by atoms with van der Waals surface area (Å²) >= 11 is 0. The number of carbonyl (C=O) groups excluding carboxylic acids is 2. The fourth-order valence-electron chi connectivity index (χ4n) is 2.69. The molecule has 1 aliphatic heterocycles. The predicted octanol–water partition coefficient (Wildman–Crippen LogP) is 2.43. The molecule has 0 unspecified atom stereocenters. The molecule has 124 valence electrons. The summed E-state index contributed by atoms with van der Waals surface area (Å²) in [5, 5.41) is 5.58. The maximum atomic E-state index is 13.0. The number of rotatable bonds is 4. The summed E-state index contributed by atoms with van der Waals surface area (Å²) in [6.45, 7) is 0.804. The number of nitrogens with one attached hydrogen (secondary N) is 2. The predicted molar refractivity (Wildman–Crippen MR) is 89.0 cm³/mol. The molecule has 6 heteroatoms. The van der Waals surface area contributed by atoms with Crippen molar-refractivity contribution in [3.63, 3.8) is 0 Å². The van der Waals surface area contributed by atoms with Crippen molar-refractivity contribution >= 4 is 17.6 Å². The third kappa shape index (κ3) is 3.90. The summed E-state index contributed by atoms with van der Waals surface area (Å²) < 4.78 is 13.0. The first-order valence-corrected chi connectivity index (χ1v) is 7.76. The van der Waals surface area contributed by atoms with Crippen molar-refractivity contribution in [1.82, 2.24) is 10.6 Å². The van der Waals surface area contributed by atoms with Crippen LogP contribution in [-0.2, 0) is 11.3 Å². The number of urea groups is 1. The molecule has 0 bridgehead atoms. The molecule has 1 atom stereocenters. The third-order valence-corrected chi connectivity index (χ3v) is 3.89. The van der Waals surface area contributed by atoms with E-state index in [1.807, 2.05) is 30.3 Å². The summed E-state index contributed by atoms with van der Waals surface area (Å²) in [6.07, 6.45) is 0.232. The molecule has 0 aromatic heterocycles. The highest BCUT2D eigenvalue weighted by molar-refractivity contribution is 5.96. The van der Waals surface area contributed by atoms with Crippen LogP contribution in [-0.4, -0.2) is 24.5 Å². The van der Waals surface area contributed by atoms with E-state index in [0.717, 1.165) is 5.56 Å². The lowest BCUT2D eigenvalue weighted by Crippen LogP contribution is -2.43. The fourth-order valence-corrected chi connectivity index (χ4v) is 2.69. The van der Waals surface area contributed by atoms with Crippen LogP contribution in [0.1, 0.15) is 12.0 Å². The second-order valence-corrected chi connectivity index (χ2v) is 5.69. The van der Waals surface area contributed by atoms with Crippen molar-refractivity contribution in [3.05, 3.63) is 66.0 Å². The quantitative estimate of drug-likeness (QED) is 0.906. The van der Waals surface area contributed by atoms with Crippen molar-refractivity contribution in [3.8, 4) is 0 Å². The molecule has 5 nitrogen and oxygen atoms in total. The summed E-state index contributed by atoms with van der Waals surface area (Å²) in [6, 6.07) is 14.8. The molecule has 3 rings (SSSR count). The molecule has 1 fully saturated rings. The standard InChI is InChI=1S/C18H18FN3O2/c19-14-6-8-16(9-7-14)22-12-15(10-17(22)23)21-18(24)20-11-13-4-2-1-3-5-13/h1-9,15H,10-12H2,(H2,20,21,24)/t15-/m0/s1. The van der Waals surface area contributed by atoms with E-state index >= 15 is 0 Å². The van der Waals surface area contributed by atoms with Gasteiger partial charge in [0.25, 0.3) is 0 Å². The van der Waals surface area contributed by atoms with Crippen molar-refractivity contribution in [2.75, 3.05) is 11.4 Å². The monoisotopic (exact) mass is 327 g/mol. The molecule has 1 heterocycles. The number of anilines is 1. The van der Waals surface area contributed by atoms with Gasteiger partial charge in [-0.05, 0) is 29.8 Å². The van der Waals surface area contributed by atoms with Crippen LogP contribution in [0, 0.1) is 5.82 Å². The highest BCUT2D eigenvalue weighted by Crippen LogP contribution is 2.21. The Morgan fingerprint density at radius 3 is 2.54 bits per heavy atom. The van der Waals surface area contributed by atoms with Gasteiger partial charge in [0.15, 0.2) is 0 Å². The summed E-state index contributed by atoms with van der Waals surface area (Å²) in [4.78, 5) is 25.6. The van der Waals surface area contributed by atoms with Gasteiger partial charge in [-0.1, -0.05) is 30.3 Å². The van der Waals surface area contributed by atoms with Crippen LogP contribution in [0.5, 0.6) is 0 Å². The molecule has 0 radical (unpaired) electrons. The van der Waals surface area contributed by atoms with Gasteiger partial charge in [-0.25, -0.2) is 9.18 Å². The zero-order valence-corrected chi connectivity index (χ0v) is 13.0. The molecule has 3 amide bonds. The van der Waals surface area contributed by atoms with E-state index in [4.69, 9.17) is 0 Å². The van der Waals surface area contributed by atoms with Crippen LogP contribution < -0.4 is 15.5 Å². The minimum absolute atomic E-state index is 0.0880. The van der Waals surface area contributed by atoms with E-state index in [-0.39, 0.29) is 30.2 Å². The first-order chi connectivity index (χ1) is 11.6. The minimum Gasteiger partial charge on any atom is -0.334 e. The second kappa shape index (κ2) is 7.12. The van der Waals surface area contributed by atoms with Crippen molar-refractivity contribution in [2.24, 2.45) is 0 Å². The Labute approximate surface area is 139 Å². The molecule has 2 aromatic carbocycles. The van der Waals surface area contributed by atoms with E-state index in [2.05, 4.69) is 10.6 Å². The van der Waals surface area contributed by atoms with Gasteiger partial charge in [0, 0.05) is 25.2 Å². The second-order valence-electron chi connectivity index (χ2n) is 5.69. The number of hydrogen-bond donors (Lipinski definition) is 2. The van der Waals surface area contributed by atoms with Gasteiger partial charge in [0.1, 0.15) is 5.82 Å².